The van der Waals surface area contributed by atoms with Gasteiger partial charge in [-0.25, -0.2) is 4.79 Å². The number of anilines is 2. The Bertz CT molecular complexity index is 1430. The summed E-state index contributed by atoms with van der Waals surface area (Å²) in [7, 11) is 0. The van der Waals surface area contributed by atoms with Crippen molar-refractivity contribution >= 4 is 58.1 Å². The van der Waals surface area contributed by atoms with Crippen molar-refractivity contribution in [3.05, 3.63) is 86.1 Å². The van der Waals surface area contributed by atoms with Crippen molar-refractivity contribution in [1.29, 1.82) is 0 Å². The van der Waals surface area contributed by atoms with Gasteiger partial charge >= 0.3 is 6.03 Å². The van der Waals surface area contributed by atoms with Crippen LogP contribution in [0.5, 0.6) is 0 Å². The minimum absolute atomic E-state index is 0.0910. The molecular formula is C31H34Cl3N5O2. The van der Waals surface area contributed by atoms with Crippen LogP contribution in [0.1, 0.15) is 33.6 Å². The van der Waals surface area contributed by atoms with E-state index < -0.39 is 0 Å². The van der Waals surface area contributed by atoms with Gasteiger partial charge in [-0.15, -0.1) is 0 Å². The van der Waals surface area contributed by atoms with E-state index in [0.29, 0.717) is 39.1 Å². The molecule has 41 heavy (non-hydrogen) atoms. The molecule has 0 radical (unpaired) electrons. The molecule has 3 heterocycles. The molecule has 0 bridgehead atoms. The molecule has 2 atom stereocenters. The summed E-state index contributed by atoms with van der Waals surface area (Å²) in [5.41, 5.74) is 4.66. The largest absolute Gasteiger partial charge is 0.338 e. The highest BCUT2D eigenvalue weighted by Gasteiger charge is 2.42. The first kappa shape index (κ1) is 29.6. The molecule has 3 amide bonds. The van der Waals surface area contributed by atoms with Crippen molar-refractivity contribution in [2.75, 3.05) is 49.5 Å². The van der Waals surface area contributed by atoms with E-state index in [0.717, 1.165) is 67.2 Å². The van der Waals surface area contributed by atoms with Crippen molar-refractivity contribution in [2.24, 2.45) is 11.8 Å². The number of halogens is 3. The molecule has 0 aliphatic carbocycles. The van der Waals surface area contributed by atoms with Crippen molar-refractivity contribution in [3.63, 3.8) is 0 Å². The van der Waals surface area contributed by atoms with E-state index in [4.69, 9.17) is 34.8 Å². The molecule has 2 aliphatic rings. The number of carbonyl (C=O) groups excluding carboxylic acids is 2. The fourth-order valence-electron chi connectivity index (χ4n) is 5.94. The molecule has 10 heteroatoms. The topological polar surface area (TPSA) is 68.8 Å². The smallest absolute Gasteiger partial charge is 0.326 e. The highest BCUT2D eigenvalue weighted by Crippen LogP contribution is 2.33. The van der Waals surface area contributed by atoms with Gasteiger partial charge in [-0.2, -0.15) is 0 Å². The summed E-state index contributed by atoms with van der Waals surface area (Å²) < 4.78 is 0. The molecular weight excluding hydrogens is 581 g/mol. The summed E-state index contributed by atoms with van der Waals surface area (Å²) in [6, 6.07) is 12.2. The Kier molecular flexibility index (Phi) is 9.09. The molecule has 2 unspecified atom stereocenters. The third-order valence-electron chi connectivity index (χ3n) is 8.15. The van der Waals surface area contributed by atoms with Crippen LogP contribution in [0.4, 0.5) is 16.2 Å². The van der Waals surface area contributed by atoms with Crippen LogP contribution in [0, 0.1) is 32.6 Å². The lowest BCUT2D eigenvalue weighted by molar-refractivity contribution is 0.0772. The molecule has 7 nitrogen and oxygen atoms in total. The van der Waals surface area contributed by atoms with Gasteiger partial charge in [0.15, 0.2) is 0 Å². The van der Waals surface area contributed by atoms with Gasteiger partial charge in [-0.05, 0) is 93.1 Å². The van der Waals surface area contributed by atoms with Gasteiger partial charge in [0.2, 0.25) is 0 Å². The van der Waals surface area contributed by atoms with Gasteiger partial charge in [-0.3, -0.25) is 14.7 Å². The zero-order valence-corrected chi connectivity index (χ0v) is 25.7. The molecule has 216 valence electrons. The number of amides is 3. The predicted molar refractivity (Wildman–Crippen MR) is 167 cm³/mol. The molecule has 2 aliphatic heterocycles. The van der Waals surface area contributed by atoms with Gasteiger partial charge < -0.3 is 15.1 Å². The maximum Gasteiger partial charge on any atom is 0.326 e. The second-order valence-corrected chi connectivity index (χ2v) is 12.3. The Morgan fingerprint density at radius 3 is 2.32 bits per heavy atom. The molecule has 0 saturated carbocycles. The lowest BCUT2D eigenvalue weighted by atomic mass is 10.0. The van der Waals surface area contributed by atoms with Gasteiger partial charge in [0.05, 0.1) is 22.0 Å². The third kappa shape index (κ3) is 6.64. The molecule has 0 spiro atoms. The Labute approximate surface area is 256 Å². The van der Waals surface area contributed by atoms with Gasteiger partial charge in [0, 0.05) is 54.7 Å². The molecule has 5 rings (SSSR count). The third-order valence-corrected chi connectivity index (χ3v) is 9.11. The Morgan fingerprint density at radius 1 is 0.927 bits per heavy atom. The number of nitrogens with one attached hydrogen (secondary N) is 1. The van der Waals surface area contributed by atoms with Crippen molar-refractivity contribution < 1.29 is 9.59 Å². The van der Waals surface area contributed by atoms with E-state index in [-0.39, 0.29) is 11.9 Å². The van der Waals surface area contributed by atoms with Crippen LogP contribution in [-0.2, 0) is 0 Å². The van der Waals surface area contributed by atoms with E-state index in [1.807, 2.05) is 49.9 Å². The number of carbonyl (C=O) groups is 2. The summed E-state index contributed by atoms with van der Waals surface area (Å²) >= 11 is 18.8. The summed E-state index contributed by atoms with van der Waals surface area (Å²) in [5.74, 6) is 1.01. The molecule has 1 aromatic heterocycles. The standard InChI is InChI=1S/C31H34Cl3N5O2/c1-19-5-7-25(14-26(19)33)39(31(41)36-28-8-6-24(32)13-27(28)34)12-4-11-37-15-22-17-38(18-23(22)16-37)30(40)29-20(2)9-10-35-21(29)3/h5-10,13-14,22-23H,4,11-12,15-18H2,1-3H3,(H,36,41). The monoisotopic (exact) mass is 613 g/mol. The number of hydrogen-bond donors (Lipinski definition) is 1. The highest BCUT2D eigenvalue weighted by atomic mass is 35.5. The van der Waals surface area contributed by atoms with E-state index in [1.165, 1.54) is 0 Å². The van der Waals surface area contributed by atoms with Crippen LogP contribution in [0.3, 0.4) is 0 Å². The summed E-state index contributed by atoms with van der Waals surface area (Å²) in [4.78, 5) is 37.2. The molecule has 2 fully saturated rings. The first-order valence-electron chi connectivity index (χ1n) is 13.8. The average Bonchev–Trinajstić information content (AvgIpc) is 3.49. The number of benzene rings is 2. The normalized spacial score (nSPS) is 18.4. The summed E-state index contributed by atoms with van der Waals surface area (Å²) in [6.07, 6.45) is 2.53. The second kappa shape index (κ2) is 12.6. The number of aryl methyl sites for hydroxylation is 3. The number of fused-ring (bicyclic) bond motifs is 1. The van der Waals surface area contributed by atoms with Crippen LogP contribution >= 0.6 is 34.8 Å². The first-order valence-corrected chi connectivity index (χ1v) is 15.0. The zero-order valence-electron chi connectivity index (χ0n) is 23.5. The zero-order chi connectivity index (χ0) is 29.3. The van der Waals surface area contributed by atoms with E-state index >= 15 is 0 Å². The number of urea groups is 1. The van der Waals surface area contributed by atoms with Crippen LogP contribution < -0.4 is 10.2 Å². The van der Waals surface area contributed by atoms with Crippen LogP contribution in [0.25, 0.3) is 0 Å². The predicted octanol–water partition coefficient (Wildman–Crippen LogP) is 7.10. The maximum atomic E-state index is 13.4. The quantitative estimate of drug-likeness (QED) is 0.308. The number of nitrogens with zero attached hydrogens (tertiary/aromatic N) is 4. The number of hydrogen-bond acceptors (Lipinski definition) is 4. The molecule has 2 aromatic carbocycles. The van der Waals surface area contributed by atoms with Crippen molar-refractivity contribution in [2.45, 2.75) is 27.2 Å². The number of pyridine rings is 1. The number of likely N-dealkylation sites (tertiary alicyclic amines) is 2. The summed E-state index contributed by atoms with van der Waals surface area (Å²) in [5, 5.41) is 4.39. The van der Waals surface area contributed by atoms with Crippen LogP contribution in [0.2, 0.25) is 15.1 Å². The van der Waals surface area contributed by atoms with Gasteiger partial charge in [0.25, 0.3) is 5.91 Å². The Morgan fingerprint density at radius 2 is 1.66 bits per heavy atom. The van der Waals surface area contributed by atoms with E-state index in [1.54, 1.807) is 29.3 Å². The minimum Gasteiger partial charge on any atom is -0.338 e. The summed E-state index contributed by atoms with van der Waals surface area (Å²) in [6.45, 7) is 10.6. The Balaban J connectivity index is 1.19. The second-order valence-electron chi connectivity index (χ2n) is 11.1. The average molecular weight is 615 g/mol. The SMILES string of the molecule is Cc1ccc(N(CCCN2CC3CN(C(=O)c4c(C)ccnc4C)CC3C2)C(=O)Nc2ccc(Cl)cc2Cl)cc1Cl. The van der Waals surface area contributed by atoms with Crippen LogP contribution in [-0.4, -0.2) is 66.0 Å². The fraction of sp³-hybridized carbons (Fsp3) is 0.387. The van der Waals surface area contributed by atoms with Crippen molar-refractivity contribution in [3.8, 4) is 0 Å². The number of rotatable bonds is 7. The van der Waals surface area contributed by atoms with Crippen molar-refractivity contribution in [1.82, 2.24) is 14.8 Å². The van der Waals surface area contributed by atoms with E-state index in [9.17, 15) is 9.59 Å². The molecule has 1 N–H and O–H groups in total. The maximum absolute atomic E-state index is 13.4. The Hall–Kier alpha value is -2.84. The first-order chi connectivity index (χ1) is 19.6. The van der Waals surface area contributed by atoms with E-state index in [2.05, 4.69) is 15.2 Å². The highest BCUT2D eigenvalue weighted by molar-refractivity contribution is 6.36. The number of aromatic nitrogens is 1. The molecule has 2 saturated heterocycles. The van der Waals surface area contributed by atoms with Gasteiger partial charge in [-0.1, -0.05) is 40.9 Å². The van der Waals surface area contributed by atoms with Gasteiger partial charge in [0.1, 0.15) is 0 Å². The fourth-order valence-corrected chi connectivity index (χ4v) is 6.57. The molecule has 3 aromatic rings. The minimum atomic E-state index is -0.289. The van der Waals surface area contributed by atoms with Crippen LogP contribution in [0.15, 0.2) is 48.7 Å². The lowest BCUT2D eigenvalue weighted by Gasteiger charge is -2.26. The lowest BCUT2D eigenvalue weighted by Crippen LogP contribution is -2.38.